The lowest BCUT2D eigenvalue weighted by Crippen LogP contribution is -2.16. The molecule has 0 atom stereocenters. The summed E-state index contributed by atoms with van der Waals surface area (Å²) in [5, 5.41) is 7.67. The summed E-state index contributed by atoms with van der Waals surface area (Å²) in [6, 6.07) is 15.4. The molecule has 0 aliphatic carbocycles. The van der Waals surface area contributed by atoms with Gasteiger partial charge in [-0.1, -0.05) is 35.9 Å². The van der Waals surface area contributed by atoms with Crippen LogP contribution in [0.4, 0.5) is 0 Å². The van der Waals surface area contributed by atoms with Gasteiger partial charge in [0.2, 0.25) is 4.77 Å². The van der Waals surface area contributed by atoms with Crippen molar-refractivity contribution in [2.24, 2.45) is 0 Å². The third-order valence-corrected chi connectivity index (χ3v) is 5.64. The summed E-state index contributed by atoms with van der Waals surface area (Å²) in [5.41, 5.74) is 7.25. The van der Waals surface area contributed by atoms with Crippen molar-refractivity contribution < 1.29 is 9.47 Å². The molecule has 0 amide bonds. The maximum atomic E-state index is 6.57. The average molecular weight is 468 g/mol. The highest BCUT2D eigenvalue weighted by atomic mass is 35.5. The van der Waals surface area contributed by atoms with Crippen LogP contribution < -0.4 is 14.9 Å². The molecular formula is C23H22ClN5O2S. The molecule has 0 aliphatic heterocycles. The monoisotopic (exact) mass is 467 g/mol. The lowest BCUT2D eigenvalue weighted by Gasteiger charge is -2.16. The maximum absolute atomic E-state index is 6.57. The number of hydrogen-bond donors (Lipinski definition) is 2. The first kappa shape index (κ1) is 21.9. The Labute approximate surface area is 196 Å². The van der Waals surface area contributed by atoms with Crippen LogP contribution in [0.5, 0.6) is 11.5 Å². The van der Waals surface area contributed by atoms with Crippen LogP contribution in [0.3, 0.4) is 0 Å². The molecule has 2 aromatic heterocycles. The molecule has 7 nitrogen and oxygen atoms in total. The van der Waals surface area contributed by atoms with Crippen LogP contribution in [0, 0.1) is 11.7 Å². The van der Waals surface area contributed by atoms with Crippen LogP contribution in [-0.4, -0.2) is 27.0 Å². The Morgan fingerprint density at radius 3 is 2.62 bits per heavy atom. The third kappa shape index (κ3) is 4.76. The number of aromatic nitrogens is 4. The second-order valence-electron chi connectivity index (χ2n) is 7.07. The molecule has 2 aromatic carbocycles. The average Bonchev–Trinajstić information content (AvgIpc) is 3.18. The number of pyridine rings is 1. The first-order valence-electron chi connectivity index (χ1n) is 9.92. The van der Waals surface area contributed by atoms with Crippen molar-refractivity contribution in [3.63, 3.8) is 0 Å². The van der Waals surface area contributed by atoms with E-state index in [1.807, 2.05) is 36.4 Å². The highest BCUT2D eigenvalue weighted by Crippen LogP contribution is 2.34. The van der Waals surface area contributed by atoms with E-state index in [1.165, 1.54) is 5.56 Å². The molecule has 2 heterocycles. The Morgan fingerprint density at radius 2 is 1.88 bits per heavy atom. The van der Waals surface area contributed by atoms with Crippen molar-refractivity contribution in [3.05, 3.63) is 87.4 Å². The Kier molecular flexibility index (Phi) is 6.72. The highest BCUT2D eigenvalue weighted by molar-refractivity contribution is 7.71. The normalized spacial score (nSPS) is 10.7. The minimum absolute atomic E-state index is 0.402. The number of nitrogens with zero attached hydrogens (tertiary/aromatic N) is 3. The van der Waals surface area contributed by atoms with E-state index in [4.69, 9.17) is 33.3 Å². The topological polar surface area (TPSA) is 77.0 Å². The van der Waals surface area contributed by atoms with Crippen LogP contribution >= 0.6 is 23.8 Å². The van der Waals surface area contributed by atoms with E-state index >= 15 is 0 Å². The summed E-state index contributed by atoms with van der Waals surface area (Å²) in [5.74, 6) is 1.84. The predicted molar refractivity (Wildman–Crippen MR) is 127 cm³/mol. The smallest absolute Gasteiger partial charge is 0.214 e. The predicted octanol–water partition coefficient (Wildman–Crippen LogP) is 5.30. The second-order valence-corrected chi connectivity index (χ2v) is 7.86. The van der Waals surface area contributed by atoms with E-state index in [0.29, 0.717) is 40.3 Å². The molecule has 164 valence electrons. The van der Waals surface area contributed by atoms with Gasteiger partial charge in [0, 0.05) is 29.0 Å². The van der Waals surface area contributed by atoms with E-state index in [1.54, 1.807) is 30.2 Å². The quantitative estimate of drug-likeness (QED) is 0.342. The largest absolute Gasteiger partial charge is 0.493 e. The Bertz CT molecular complexity index is 1270. The van der Waals surface area contributed by atoms with Gasteiger partial charge in [-0.15, -0.1) is 0 Å². The van der Waals surface area contributed by atoms with Gasteiger partial charge in [-0.2, -0.15) is 5.10 Å². The Morgan fingerprint density at radius 1 is 1.09 bits per heavy atom. The summed E-state index contributed by atoms with van der Waals surface area (Å²) in [6.45, 7) is 2.88. The molecule has 4 aromatic rings. The van der Waals surface area contributed by atoms with Gasteiger partial charge in [-0.3, -0.25) is 4.98 Å². The minimum atomic E-state index is 0.402. The number of ether oxygens (including phenoxy) is 2. The van der Waals surface area contributed by atoms with Gasteiger partial charge in [-0.05, 0) is 54.0 Å². The standard InChI is InChI=1S/C23H22ClN5O2S/c1-15-5-3-4-6-17(15)14-31-21-12-19(24)18(11-20(21)30-2)13-26-29-22(27-28-23(29)32)16-7-9-25-10-8-16/h3-12,26H,13-14H2,1-2H3,(H,28,32). The number of nitrogens with one attached hydrogen (secondary N) is 2. The molecule has 0 fully saturated rings. The fraction of sp³-hybridized carbons (Fsp3) is 0.174. The summed E-state index contributed by atoms with van der Waals surface area (Å²) >= 11 is 11.9. The van der Waals surface area contributed by atoms with Gasteiger partial charge < -0.3 is 14.9 Å². The van der Waals surface area contributed by atoms with Crippen molar-refractivity contribution in [2.45, 2.75) is 20.1 Å². The van der Waals surface area contributed by atoms with Crippen LogP contribution in [-0.2, 0) is 13.2 Å². The lowest BCUT2D eigenvalue weighted by atomic mass is 10.1. The summed E-state index contributed by atoms with van der Waals surface area (Å²) in [7, 11) is 1.61. The van der Waals surface area contributed by atoms with E-state index in [0.717, 1.165) is 16.7 Å². The number of halogens is 1. The van der Waals surface area contributed by atoms with Crippen molar-refractivity contribution in [2.75, 3.05) is 12.5 Å². The summed E-state index contributed by atoms with van der Waals surface area (Å²) in [6.07, 6.45) is 3.41. The maximum Gasteiger partial charge on any atom is 0.214 e. The first-order valence-corrected chi connectivity index (χ1v) is 10.7. The van der Waals surface area contributed by atoms with E-state index in [2.05, 4.69) is 33.6 Å². The number of benzene rings is 2. The van der Waals surface area contributed by atoms with Gasteiger partial charge in [-0.25, -0.2) is 9.77 Å². The van der Waals surface area contributed by atoms with Crippen LogP contribution in [0.15, 0.2) is 60.9 Å². The molecule has 0 saturated heterocycles. The van der Waals surface area contributed by atoms with Gasteiger partial charge >= 0.3 is 0 Å². The number of H-pyrrole nitrogens is 1. The zero-order chi connectivity index (χ0) is 22.5. The SMILES string of the molecule is COc1cc(CNn2c(-c3ccncc3)n[nH]c2=S)c(Cl)cc1OCc1ccccc1C. The number of rotatable bonds is 8. The number of hydrogen-bond acceptors (Lipinski definition) is 6. The molecule has 0 radical (unpaired) electrons. The van der Waals surface area contributed by atoms with E-state index < -0.39 is 0 Å². The summed E-state index contributed by atoms with van der Waals surface area (Å²) in [4.78, 5) is 4.04. The van der Waals surface area contributed by atoms with Crippen molar-refractivity contribution in [1.29, 1.82) is 0 Å². The molecule has 2 N–H and O–H groups in total. The molecule has 9 heteroatoms. The molecule has 0 unspecified atom stereocenters. The van der Waals surface area contributed by atoms with Crippen LogP contribution in [0.2, 0.25) is 5.02 Å². The molecule has 0 aliphatic rings. The molecule has 0 bridgehead atoms. The van der Waals surface area contributed by atoms with Crippen LogP contribution in [0.1, 0.15) is 16.7 Å². The number of aromatic amines is 1. The number of aryl methyl sites for hydroxylation is 1. The molecule has 0 saturated carbocycles. The Balaban J connectivity index is 1.53. The summed E-state index contributed by atoms with van der Waals surface area (Å²) < 4.78 is 13.7. The molecule has 4 rings (SSSR count). The second kappa shape index (κ2) is 9.84. The van der Waals surface area contributed by atoms with E-state index in [-0.39, 0.29) is 0 Å². The van der Waals surface area contributed by atoms with Crippen molar-refractivity contribution >= 4 is 23.8 Å². The van der Waals surface area contributed by atoms with Crippen LogP contribution in [0.25, 0.3) is 11.4 Å². The van der Waals surface area contributed by atoms with Crippen molar-refractivity contribution in [1.82, 2.24) is 19.9 Å². The highest BCUT2D eigenvalue weighted by Gasteiger charge is 2.13. The Hall–Kier alpha value is -3.36. The zero-order valence-corrected chi connectivity index (χ0v) is 19.2. The fourth-order valence-electron chi connectivity index (χ4n) is 3.22. The van der Waals surface area contributed by atoms with E-state index in [9.17, 15) is 0 Å². The lowest BCUT2D eigenvalue weighted by molar-refractivity contribution is 0.284. The van der Waals surface area contributed by atoms with Gasteiger partial charge in [0.15, 0.2) is 17.3 Å². The first-order chi connectivity index (χ1) is 15.6. The molecular weight excluding hydrogens is 446 g/mol. The van der Waals surface area contributed by atoms with Gasteiger partial charge in [0.1, 0.15) is 6.61 Å². The van der Waals surface area contributed by atoms with Crippen molar-refractivity contribution in [3.8, 4) is 22.9 Å². The molecule has 32 heavy (non-hydrogen) atoms. The number of methoxy groups -OCH3 is 1. The minimum Gasteiger partial charge on any atom is -0.493 e. The third-order valence-electron chi connectivity index (χ3n) is 5.02. The fourth-order valence-corrected chi connectivity index (χ4v) is 3.63. The van der Waals surface area contributed by atoms with Gasteiger partial charge in [0.25, 0.3) is 0 Å². The zero-order valence-electron chi connectivity index (χ0n) is 17.6. The van der Waals surface area contributed by atoms with Gasteiger partial charge in [0.05, 0.1) is 13.7 Å². The molecule has 0 spiro atoms.